The van der Waals surface area contributed by atoms with Crippen LogP contribution in [0.5, 0.6) is 0 Å². The summed E-state index contributed by atoms with van der Waals surface area (Å²) in [5.41, 5.74) is 0. The predicted molar refractivity (Wildman–Crippen MR) is 68.9 cm³/mol. The molecule has 0 saturated carbocycles. The van der Waals surface area contributed by atoms with Gasteiger partial charge in [0.2, 0.25) is 5.91 Å². The van der Waals surface area contributed by atoms with Crippen molar-refractivity contribution >= 4 is 5.91 Å². The lowest BCUT2D eigenvalue weighted by Gasteiger charge is -2.27. The molecule has 0 spiro atoms. The molecule has 1 atom stereocenters. The maximum absolute atomic E-state index is 11.8. The molecular formula is C13H23N3O2. The summed E-state index contributed by atoms with van der Waals surface area (Å²) in [6, 6.07) is 2.05. The fourth-order valence-electron chi connectivity index (χ4n) is 2.15. The minimum Gasteiger partial charge on any atom is -0.381 e. The average molecular weight is 253 g/mol. The molecule has 1 fully saturated rings. The fourth-order valence-corrected chi connectivity index (χ4v) is 2.15. The van der Waals surface area contributed by atoms with Gasteiger partial charge in [-0.05, 0) is 25.8 Å². The van der Waals surface area contributed by atoms with E-state index in [4.69, 9.17) is 10.00 Å². The number of carbonyl (C=O) groups is 1. The second kappa shape index (κ2) is 8.06. The summed E-state index contributed by atoms with van der Waals surface area (Å²) in [7, 11) is 3.71. The minimum atomic E-state index is 0.0736. The molecular weight excluding hydrogens is 230 g/mol. The van der Waals surface area contributed by atoms with Crippen LogP contribution in [0.2, 0.25) is 0 Å². The van der Waals surface area contributed by atoms with E-state index in [1.165, 1.54) is 6.42 Å². The average Bonchev–Trinajstić information content (AvgIpc) is 2.36. The molecule has 18 heavy (non-hydrogen) atoms. The summed E-state index contributed by atoms with van der Waals surface area (Å²) in [6.07, 6.45) is 2.69. The maximum atomic E-state index is 11.8. The second-order valence-corrected chi connectivity index (χ2v) is 5.00. The fraction of sp³-hybridized carbons (Fsp3) is 0.846. The number of carbonyl (C=O) groups excluding carboxylic acids is 1. The van der Waals surface area contributed by atoms with Crippen molar-refractivity contribution in [1.29, 1.82) is 5.26 Å². The Kier molecular flexibility index (Phi) is 6.69. The van der Waals surface area contributed by atoms with E-state index in [1.807, 2.05) is 18.0 Å². The zero-order valence-corrected chi connectivity index (χ0v) is 11.4. The van der Waals surface area contributed by atoms with E-state index in [9.17, 15) is 4.79 Å². The van der Waals surface area contributed by atoms with Gasteiger partial charge in [0.05, 0.1) is 25.6 Å². The first-order chi connectivity index (χ1) is 8.63. The number of amides is 1. The molecule has 0 radical (unpaired) electrons. The second-order valence-electron chi connectivity index (χ2n) is 5.00. The van der Waals surface area contributed by atoms with E-state index < -0.39 is 0 Å². The van der Waals surface area contributed by atoms with Crippen molar-refractivity contribution in [1.82, 2.24) is 9.80 Å². The quantitative estimate of drug-likeness (QED) is 0.700. The molecule has 5 heteroatoms. The zero-order valence-electron chi connectivity index (χ0n) is 11.4. The summed E-state index contributed by atoms with van der Waals surface area (Å²) in [5, 5.41) is 8.48. The number of nitriles is 1. The lowest BCUT2D eigenvalue weighted by Crippen LogP contribution is -2.40. The van der Waals surface area contributed by atoms with E-state index in [0.29, 0.717) is 25.4 Å². The highest BCUT2D eigenvalue weighted by Gasteiger charge is 2.18. The van der Waals surface area contributed by atoms with Crippen LogP contribution in [0.1, 0.15) is 19.3 Å². The van der Waals surface area contributed by atoms with Crippen LogP contribution in [-0.4, -0.2) is 62.7 Å². The van der Waals surface area contributed by atoms with E-state index in [2.05, 4.69) is 0 Å². The number of hydrogen-bond acceptors (Lipinski definition) is 4. The summed E-state index contributed by atoms with van der Waals surface area (Å²) < 4.78 is 5.43. The Hall–Kier alpha value is -1.12. The van der Waals surface area contributed by atoms with Crippen LogP contribution < -0.4 is 0 Å². The predicted octanol–water partition coefficient (Wildman–Crippen LogP) is 0.717. The van der Waals surface area contributed by atoms with Gasteiger partial charge in [0, 0.05) is 26.7 Å². The summed E-state index contributed by atoms with van der Waals surface area (Å²) in [4.78, 5) is 15.5. The van der Waals surface area contributed by atoms with Crippen LogP contribution in [0, 0.1) is 17.2 Å². The van der Waals surface area contributed by atoms with E-state index in [-0.39, 0.29) is 5.91 Å². The standard InChI is InChI=1S/C13H23N3O2/c1-15(9-12-5-3-8-18-11-12)10-13(17)16(2)7-4-6-14/h12H,3-5,7-11H2,1-2H3. The zero-order chi connectivity index (χ0) is 13.4. The van der Waals surface area contributed by atoms with Crippen molar-refractivity contribution < 1.29 is 9.53 Å². The Balaban J connectivity index is 2.23. The van der Waals surface area contributed by atoms with Crippen molar-refractivity contribution in [3.63, 3.8) is 0 Å². The lowest BCUT2D eigenvalue weighted by molar-refractivity contribution is -0.131. The monoisotopic (exact) mass is 253 g/mol. The number of hydrogen-bond donors (Lipinski definition) is 0. The molecule has 0 bridgehead atoms. The molecule has 1 aliphatic rings. The molecule has 0 N–H and O–H groups in total. The summed E-state index contributed by atoms with van der Waals surface area (Å²) >= 11 is 0. The molecule has 5 nitrogen and oxygen atoms in total. The van der Waals surface area contributed by atoms with Gasteiger partial charge in [0.1, 0.15) is 0 Å². The van der Waals surface area contributed by atoms with Crippen LogP contribution in [0.3, 0.4) is 0 Å². The molecule has 1 heterocycles. The smallest absolute Gasteiger partial charge is 0.236 e. The maximum Gasteiger partial charge on any atom is 0.236 e. The highest BCUT2D eigenvalue weighted by atomic mass is 16.5. The van der Waals surface area contributed by atoms with Gasteiger partial charge in [-0.25, -0.2) is 0 Å². The number of rotatable bonds is 6. The van der Waals surface area contributed by atoms with Gasteiger partial charge in [-0.3, -0.25) is 9.69 Å². The van der Waals surface area contributed by atoms with Gasteiger partial charge in [-0.15, -0.1) is 0 Å². The van der Waals surface area contributed by atoms with Crippen LogP contribution in [0.4, 0.5) is 0 Å². The van der Waals surface area contributed by atoms with Gasteiger partial charge in [0.15, 0.2) is 0 Å². The normalized spacial score (nSPS) is 19.6. The van der Waals surface area contributed by atoms with Gasteiger partial charge >= 0.3 is 0 Å². The van der Waals surface area contributed by atoms with Gasteiger partial charge in [0.25, 0.3) is 0 Å². The molecule has 1 aliphatic heterocycles. The molecule has 1 saturated heterocycles. The highest BCUT2D eigenvalue weighted by Crippen LogP contribution is 2.14. The van der Waals surface area contributed by atoms with Crippen LogP contribution >= 0.6 is 0 Å². The van der Waals surface area contributed by atoms with Crippen molar-refractivity contribution in [2.45, 2.75) is 19.3 Å². The van der Waals surface area contributed by atoms with Crippen LogP contribution in [-0.2, 0) is 9.53 Å². The molecule has 1 rings (SSSR count). The van der Waals surface area contributed by atoms with Gasteiger partial charge in [-0.2, -0.15) is 5.26 Å². The molecule has 0 aromatic carbocycles. The van der Waals surface area contributed by atoms with Crippen molar-refractivity contribution in [3.05, 3.63) is 0 Å². The Morgan fingerprint density at radius 1 is 1.50 bits per heavy atom. The lowest BCUT2D eigenvalue weighted by atomic mass is 10.0. The third kappa shape index (κ3) is 5.48. The van der Waals surface area contributed by atoms with Gasteiger partial charge < -0.3 is 9.64 Å². The van der Waals surface area contributed by atoms with Crippen molar-refractivity contribution in [2.75, 3.05) is 46.9 Å². The summed E-state index contributed by atoms with van der Waals surface area (Å²) in [6.45, 7) is 3.50. The van der Waals surface area contributed by atoms with Gasteiger partial charge in [-0.1, -0.05) is 0 Å². The molecule has 0 aliphatic carbocycles. The SMILES string of the molecule is CN(CC(=O)N(C)CCC#N)CC1CCCOC1. The first-order valence-corrected chi connectivity index (χ1v) is 6.50. The van der Waals surface area contributed by atoms with E-state index >= 15 is 0 Å². The Labute approximate surface area is 109 Å². The Bertz CT molecular complexity index is 295. The Morgan fingerprint density at radius 2 is 2.28 bits per heavy atom. The first-order valence-electron chi connectivity index (χ1n) is 6.50. The first kappa shape index (κ1) is 14.9. The molecule has 0 aromatic heterocycles. The third-order valence-electron chi connectivity index (χ3n) is 3.21. The number of ether oxygens (including phenoxy) is 1. The third-order valence-corrected chi connectivity index (χ3v) is 3.21. The highest BCUT2D eigenvalue weighted by molar-refractivity contribution is 5.77. The van der Waals surface area contributed by atoms with Crippen LogP contribution in [0.25, 0.3) is 0 Å². The number of likely N-dealkylation sites (N-methyl/N-ethyl adjacent to an activating group) is 2. The van der Waals surface area contributed by atoms with Crippen molar-refractivity contribution in [3.8, 4) is 6.07 Å². The minimum absolute atomic E-state index is 0.0736. The van der Waals surface area contributed by atoms with Crippen LogP contribution in [0.15, 0.2) is 0 Å². The van der Waals surface area contributed by atoms with Crippen molar-refractivity contribution in [2.24, 2.45) is 5.92 Å². The molecule has 0 aromatic rings. The molecule has 102 valence electrons. The van der Waals surface area contributed by atoms with E-state index in [0.717, 1.165) is 26.2 Å². The largest absolute Gasteiger partial charge is 0.381 e. The van der Waals surface area contributed by atoms with E-state index in [1.54, 1.807) is 11.9 Å². The topological polar surface area (TPSA) is 56.6 Å². The molecule has 1 unspecified atom stereocenters. The Morgan fingerprint density at radius 3 is 2.89 bits per heavy atom. The number of nitrogens with zero attached hydrogens (tertiary/aromatic N) is 3. The molecule has 1 amide bonds. The summed E-state index contributed by atoms with van der Waals surface area (Å²) in [5.74, 6) is 0.616.